The van der Waals surface area contributed by atoms with Crippen LogP contribution in [0.25, 0.3) is 10.6 Å². The Morgan fingerprint density at radius 2 is 2.07 bits per heavy atom. The zero-order chi connectivity index (χ0) is 11.0. The Labute approximate surface area is 97.7 Å². The summed E-state index contributed by atoms with van der Waals surface area (Å²) >= 11 is 7.53. The van der Waals surface area contributed by atoms with E-state index < -0.39 is 0 Å². The second-order valence-electron chi connectivity index (χ2n) is 3.40. The molecule has 0 saturated heterocycles. The van der Waals surface area contributed by atoms with E-state index in [1.165, 1.54) is 4.88 Å². The lowest BCUT2D eigenvalue weighted by molar-refractivity contribution is 1.23. The number of hydrogen-bond acceptors (Lipinski definition) is 3. The quantitative estimate of drug-likeness (QED) is 0.770. The number of hydrogen-bond donors (Lipinski definition) is 1. The average Bonchev–Trinajstić information content (AvgIpc) is 2.52. The van der Waals surface area contributed by atoms with Crippen LogP contribution in [0.15, 0.2) is 18.2 Å². The molecule has 0 bridgehead atoms. The van der Waals surface area contributed by atoms with Crippen molar-refractivity contribution in [3.05, 3.63) is 33.8 Å². The van der Waals surface area contributed by atoms with Gasteiger partial charge in [-0.1, -0.05) is 17.7 Å². The van der Waals surface area contributed by atoms with E-state index in [9.17, 15) is 0 Å². The standard InChI is InChI=1S/C11H11ClN2S/c1-6-7(2)15-11(14-6)8-3-4-9(12)10(13)5-8/h3-5H,13H2,1-2H3. The van der Waals surface area contributed by atoms with Crippen LogP contribution in [0.4, 0.5) is 5.69 Å². The van der Waals surface area contributed by atoms with Crippen LogP contribution in [0.5, 0.6) is 0 Å². The second kappa shape index (κ2) is 3.83. The molecule has 0 amide bonds. The van der Waals surface area contributed by atoms with E-state index in [0.717, 1.165) is 16.3 Å². The maximum Gasteiger partial charge on any atom is 0.123 e. The van der Waals surface area contributed by atoms with E-state index in [-0.39, 0.29) is 0 Å². The molecular formula is C11H11ClN2S. The highest BCUT2D eigenvalue weighted by Gasteiger charge is 2.07. The molecule has 1 aromatic carbocycles. The summed E-state index contributed by atoms with van der Waals surface area (Å²) < 4.78 is 0. The number of thiazole rings is 1. The third-order valence-corrected chi connectivity index (χ3v) is 3.74. The van der Waals surface area contributed by atoms with Gasteiger partial charge in [-0.25, -0.2) is 4.98 Å². The zero-order valence-electron chi connectivity index (χ0n) is 8.54. The summed E-state index contributed by atoms with van der Waals surface area (Å²) in [5.74, 6) is 0. The zero-order valence-corrected chi connectivity index (χ0v) is 10.1. The fourth-order valence-corrected chi connectivity index (χ4v) is 2.30. The number of aryl methyl sites for hydroxylation is 2. The summed E-state index contributed by atoms with van der Waals surface area (Å²) in [7, 11) is 0. The normalized spacial score (nSPS) is 10.6. The maximum atomic E-state index is 5.86. The van der Waals surface area contributed by atoms with Crippen molar-refractivity contribution in [3.63, 3.8) is 0 Å². The molecule has 4 heteroatoms. The van der Waals surface area contributed by atoms with Gasteiger partial charge in [0.05, 0.1) is 16.4 Å². The van der Waals surface area contributed by atoms with Crippen LogP contribution in [0.2, 0.25) is 5.02 Å². The maximum absolute atomic E-state index is 5.86. The number of benzene rings is 1. The molecule has 0 radical (unpaired) electrons. The van der Waals surface area contributed by atoms with Crippen molar-refractivity contribution >= 4 is 28.6 Å². The van der Waals surface area contributed by atoms with Gasteiger partial charge in [-0.2, -0.15) is 0 Å². The topological polar surface area (TPSA) is 38.9 Å². The first-order valence-electron chi connectivity index (χ1n) is 4.57. The van der Waals surface area contributed by atoms with E-state index >= 15 is 0 Å². The highest BCUT2D eigenvalue weighted by molar-refractivity contribution is 7.15. The molecule has 2 aromatic rings. The minimum atomic E-state index is 0.587. The van der Waals surface area contributed by atoms with E-state index in [4.69, 9.17) is 17.3 Å². The van der Waals surface area contributed by atoms with E-state index in [1.54, 1.807) is 17.4 Å². The van der Waals surface area contributed by atoms with Crippen molar-refractivity contribution in [3.8, 4) is 10.6 Å². The lowest BCUT2D eigenvalue weighted by Crippen LogP contribution is -1.87. The Kier molecular flexibility index (Phi) is 2.67. The molecule has 2 N–H and O–H groups in total. The van der Waals surface area contributed by atoms with Crippen LogP contribution in [-0.2, 0) is 0 Å². The molecule has 0 aliphatic heterocycles. The van der Waals surface area contributed by atoms with Gasteiger partial charge >= 0.3 is 0 Å². The molecule has 78 valence electrons. The van der Waals surface area contributed by atoms with Gasteiger partial charge in [-0.15, -0.1) is 11.3 Å². The highest BCUT2D eigenvalue weighted by Crippen LogP contribution is 2.30. The second-order valence-corrected chi connectivity index (χ2v) is 5.01. The van der Waals surface area contributed by atoms with Crippen LogP contribution < -0.4 is 5.73 Å². The van der Waals surface area contributed by atoms with Crippen molar-refractivity contribution in [2.24, 2.45) is 0 Å². The van der Waals surface area contributed by atoms with Gasteiger partial charge in [-0.05, 0) is 26.0 Å². The van der Waals surface area contributed by atoms with Gasteiger partial charge in [0.1, 0.15) is 5.01 Å². The van der Waals surface area contributed by atoms with E-state index in [1.807, 2.05) is 19.1 Å². The summed E-state index contributed by atoms with van der Waals surface area (Å²) in [4.78, 5) is 5.71. The van der Waals surface area contributed by atoms with Crippen LogP contribution in [0.1, 0.15) is 10.6 Å². The van der Waals surface area contributed by atoms with Crippen LogP contribution in [0.3, 0.4) is 0 Å². The first kappa shape index (κ1) is 10.5. The smallest absolute Gasteiger partial charge is 0.123 e. The lowest BCUT2D eigenvalue weighted by atomic mass is 10.2. The van der Waals surface area contributed by atoms with Gasteiger partial charge in [0, 0.05) is 10.4 Å². The first-order valence-corrected chi connectivity index (χ1v) is 5.77. The predicted molar refractivity (Wildman–Crippen MR) is 66.4 cm³/mol. The fraction of sp³-hybridized carbons (Fsp3) is 0.182. The predicted octanol–water partition coefficient (Wildman–Crippen LogP) is 3.66. The molecule has 0 atom stereocenters. The van der Waals surface area contributed by atoms with E-state index in [0.29, 0.717) is 10.7 Å². The number of anilines is 1. The number of nitrogen functional groups attached to an aromatic ring is 1. The summed E-state index contributed by atoms with van der Waals surface area (Å²) in [6.45, 7) is 4.07. The molecule has 0 fully saturated rings. The van der Waals surface area contributed by atoms with E-state index in [2.05, 4.69) is 11.9 Å². The van der Waals surface area contributed by atoms with Crippen molar-refractivity contribution < 1.29 is 0 Å². The molecule has 2 rings (SSSR count). The molecule has 0 unspecified atom stereocenters. The average molecular weight is 239 g/mol. The van der Waals surface area contributed by atoms with Crippen molar-refractivity contribution in [2.75, 3.05) is 5.73 Å². The van der Waals surface area contributed by atoms with Gasteiger partial charge in [0.25, 0.3) is 0 Å². The minimum Gasteiger partial charge on any atom is -0.398 e. The van der Waals surface area contributed by atoms with Gasteiger partial charge in [-0.3, -0.25) is 0 Å². The van der Waals surface area contributed by atoms with Gasteiger partial charge < -0.3 is 5.73 Å². The molecular weight excluding hydrogens is 228 g/mol. The van der Waals surface area contributed by atoms with Gasteiger partial charge in [0.2, 0.25) is 0 Å². The van der Waals surface area contributed by atoms with Gasteiger partial charge in [0.15, 0.2) is 0 Å². The molecule has 0 saturated carbocycles. The number of halogens is 1. The molecule has 0 spiro atoms. The van der Waals surface area contributed by atoms with Crippen LogP contribution >= 0.6 is 22.9 Å². The Bertz CT molecular complexity index is 486. The number of nitrogens with two attached hydrogens (primary N) is 1. The lowest BCUT2D eigenvalue weighted by Gasteiger charge is -2.00. The number of aromatic nitrogens is 1. The summed E-state index contributed by atoms with van der Waals surface area (Å²) in [6.07, 6.45) is 0. The summed E-state index contributed by atoms with van der Waals surface area (Å²) in [5.41, 5.74) is 8.44. The van der Waals surface area contributed by atoms with Crippen LogP contribution in [-0.4, -0.2) is 4.98 Å². The third-order valence-electron chi connectivity index (χ3n) is 2.27. The Hall–Kier alpha value is -1.06. The number of nitrogens with zero attached hydrogens (tertiary/aromatic N) is 1. The summed E-state index contributed by atoms with van der Waals surface area (Å²) in [6, 6.07) is 5.61. The van der Waals surface area contributed by atoms with Crippen molar-refractivity contribution in [2.45, 2.75) is 13.8 Å². The Morgan fingerprint density at radius 1 is 1.33 bits per heavy atom. The third kappa shape index (κ3) is 1.98. The Morgan fingerprint density at radius 3 is 2.60 bits per heavy atom. The SMILES string of the molecule is Cc1nc(-c2ccc(Cl)c(N)c2)sc1C. The largest absolute Gasteiger partial charge is 0.398 e. The highest BCUT2D eigenvalue weighted by atomic mass is 35.5. The minimum absolute atomic E-state index is 0.587. The Balaban J connectivity index is 2.49. The number of rotatable bonds is 1. The molecule has 0 aliphatic carbocycles. The molecule has 1 aromatic heterocycles. The van der Waals surface area contributed by atoms with Crippen molar-refractivity contribution in [1.82, 2.24) is 4.98 Å². The first-order chi connectivity index (χ1) is 7.08. The summed E-state index contributed by atoms with van der Waals surface area (Å²) in [5, 5.41) is 1.58. The molecule has 15 heavy (non-hydrogen) atoms. The molecule has 0 aliphatic rings. The fourth-order valence-electron chi connectivity index (χ4n) is 1.27. The van der Waals surface area contributed by atoms with Crippen molar-refractivity contribution in [1.29, 1.82) is 0 Å². The van der Waals surface area contributed by atoms with Crippen LogP contribution in [0, 0.1) is 13.8 Å². The molecule has 1 heterocycles. The molecule has 2 nitrogen and oxygen atoms in total. The monoisotopic (exact) mass is 238 g/mol.